The summed E-state index contributed by atoms with van der Waals surface area (Å²) in [6, 6.07) is 5.48. The molecule has 1 N–H and O–H groups in total. The first-order chi connectivity index (χ1) is 14.2. The lowest BCUT2D eigenvalue weighted by molar-refractivity contribution is -0.274. The number of hydrogen-bond donors (Lipinski definition) is 1. The van der Waals surface area contributed by atoms with E-state index in [9.17, 15) is 23.1 Å². The maximum Gasteiger partial charge on any atom is 0.573 e. The van der Waals surface area contributed by atoms with Gasteiger partial charge in [0.1, 0.15) is 5.75 Å². The zero-order valence-electron chi connectivity index (χ0n) is 17.2. The summed E-state index contributed by atoms with van der Waals surface area (Å²) in [5.41, 5.74) is 1.81. The summed E-state index contributed by atoms with van der Waals surface area (Å²) in [7, 11) is 0. The van der Waals surface area contributed by atoms with E-state index in [1.165, 1.54) is 24.3 Å². The molecule has 0 amide bonds. The van der Waals surface area contributed by atoms with Gasteiger partial charge >= 0.3 is 12.3 Å². The second-order valence-corrected chi connectivity index (χ2v) is 9.03. The summed E-state index contributed by atoms with van der Waals surface area (Å²) in [5.74, 6) is -1.48. The van der Waals surface area contributed by atoms with Crippen LogP contribution in [0.4, 0.5) is 13.2 Å². The highest BCUT2D eigenvalue weighted by Crippen LogP contribution is 2.38. The van der Waals surface area contributed by atoms with Gasteiger partial charge in [0.25, 0.3) is 0 Å². The Bertz CT molecular complexity index is 1180. The quantitative estimate of drug-likeness (QED) is 0.435. The Morgan fingerprint density at radius 2 is 1.81 bits per heavy atom. The first-order valence-corrected chi connectivity index (χ1v) is 10.1. The molecule has 0 aliphatic heterocycles. The lowest BCUT2D eigenvalue weighted by atomic mass is 9.99. The fraction of sp³-hybridized carbons (Fsp3) is 0.318. The van der Waals surface area contributed by atoms with E-state index in [-0.39, 0.29) is 22.8 Å². The number of carboxylic acid groups (broad SMARTS) is 1. The minimum Gasteiger partial charge on any atom is -0.478 e. The second-order valence-electron chi connectivity index (χ2n) is 8.25. The van der Waals surface area contributed by atoms with Crippen molar-refractivity contribution in [3.63, 3.8) is 0 Å². The second kappa shape index (κ2) is 7.95. The number of rotatable bonds is 4. The molecule has 2 aromatic carbocycles. The first kappa shape index (κ1) is 23.3. The van der Waals surface area contributed by atoms with Gasteiger partial charge in [-0.15, -0.1) is 13.2 Å². The highest BCUT2D eigenvalue weighted by atomic mass is 35.5. The normalized spacial score (nSPS) is 12.4. The number of halogens is 5. The Morgan fingerprint density at radius 3 is 2.35 bits per heavy atom. The third-order valence-electron chi connectivity index (χ3n) is 4.89. The van der Waals surface area contributed by atoms with Crippen molar-refractivity contribution in [3.05, 3.63) is 62.8 Å². The molecule has 9 heteroatoms. The van der Waals surface area contributed by atoms with E-state index in [2.05, 4.69) is 4.74 Å². The minimum absolute atomic E-state index is 0.0336. The van der Waals surface area contributed by atoms with Crippen LogP contribution in [0.25, 0.3) is 10.9 Å². The van der Waals surface area contributed by atoms with E-state index in [1.54, 1.807) is 6.92 Å². The van der Waals surface area contributed by atoms with Crippen LogP contribution in [0.1, 0.15) is 47.8 Å². The number of aryl methyl sites for hydroxylation is 1. The van der Waals surface area contributed by atoms with Gasteiger partial charge in [0.15, 0.2) is 0 Å². The molecule has 0 fully saturated rings. The number of fused-ring (bicyclic) bond motifs is 1. The molecule has 0 saturated carbocycles. The van der Waals surface area contributed by atoms with Crippen LogP contribution < -0.4 is 4.74 Å². The van der Waals surface area contributed by atoms with Crippen LogP contribution in [0.15, 0.2) is 30.5 Å². The maximum absolute atomic E-state index is 12.8. The number of nitrogens with zero attached hydrogens (tertiary/aromatic N) is 1. The van der Waals surface area contributed by atoms with Gasteiger partial charge in [0.2, 0.25) is 0 Å². The molecule has 1 aromatic heterocycles. The maximum atomic E-state index is 12.8. The van der Waals surface area contributed by atoms with E-state index >= 15 is 0 Å². The lowest BCUT2D eigenvalue weighted by Crippen LogP contribution is -2.21. The molecule has 0 spiro atoms. The van der Waals surface area contributed by atoms with E-state index in [4.69, 9.17) is 23.2 Å². The van der Waals surface area contributed by atoms with Crippen LogP contribution in [0.3, 0.4) is 0 Å². The summed E-state index contributed by atoms with van der Waals surface area (Å²) in [6.45, 7) is 7.47. The zero-order valence-corrected chi connectivity index (χ0v) is 18.7. The molecular weight excluding hydrogens is 454 g/mol. The summed E-state index contributed by atoms with van der Waals surface area (Å²) < 4.78 is 44.4. The van der Waals surface area contributed by atoms with E-state index in [1.807, 2.05) is 31.5 Å². The van der Waals surface area contributed by atoms with Crippen LogP contribution in [0, 0.1) is 6.92 Å². The van der Waals surface area contributed by atoms with Gasteiger partial charge in [-0.25, -0.2) is 4.79 Å². The van der Waals surface area contributed by atoms with Crippen molar-refractivity contribution < 1.29 is 27.8 Å². The summed E-state index contributed by atoms with van der Waals surface area (Å²) >= 11 is 12.6. The van der Waals surface area contributed by atoms with Crippen LogP contribution in [0.2, 0.25) is 10.0 Å². The van der Waals surface area contributed by atoms with Crippen molar-refractivity contribution in [1.82, 2.24) is 4.57 Å². The highest BCUT2D eigenvalue weighted by molar-refractivity contribution is 6.38. The van der Waals surface area contributed by atoms with E-state index in [0.717, 1.165) is 10.9 Å². The predicted molar refractivity (Wildman–Crippen MR) is 115 cm³/mol. The largest absolute Gasteiger partial charge is 0.573 e. The average Bonchev–Trinajstić information content (AvgIpc) is 2.95. The fourth-order valence-electron chi connectivity index (χ4n) is 3.63. The Kier molecular flexibility index (Phi) is 5.97. The third kappa shape index (κ3) is 4.77. The van der Waals surface area contributed by atoms with E-state index in [0.29, 0.717) is 21.7 Å². The highest BCUT2D eigenvalue weighted by Gasteiger charge is 2.32. The third-order valence-corrected chi connectivity index (χ3v) is 5.68. The summed E-state index contributed by atoms with van der Waals surface area (Å²) in [6.07, 6.45) is -2.77. The number of ether oxygens (including phenoxy) is 1. The number of carbonyl (C=O) groups is 1. The van der Waals surface area contributed by atoms with Gasteiger partial charge in [0, 0.05) is 34.6 Å². The standard InChI is InChI=1S/C22H20Cl2F3NO3/c1-11-7-13(31-22(25,26)27)9-17-18(11)12(10-28(17)21(2,3)4)8-15-16(23)6-5-14(19(15)24)20(29)30/h5-7,9-10H,8H2,1-4H3,(H,29,30). The minimum atomic E-state index is -4.81. The zero-order chi connectivity index (χ0) is 23.3. The smallest absolute Gasteiger partial charge is 0.478 e. The SMILES string of the molecule is Cc1cc(OC(F)(F)F)cc2c1c(Cc1c(Cl)ccc(C(=O)O)c1Cl)cn2C(C)(C)C. The Hall–Kier alpha value is -2.38. The molecule has 0 aliphatic rings. The van der Waals surface area contributed by atoms with Gasteiger partial charge in [0.05, 0.1) is 16.1 Å². The van der Waals surface area contributed by atoms with Gasteiger partial charge in [-0.05, 0) is 62.6 Å². The molecule has 3 rings (SSSR count). The van der Waals surface area contributed by atoms with Crippen molar-refractivity contribution in [2.75, 3.05) is 0 Å². The van der Waals surface area contributed by atoms with E-state index < -0.39 is 17.9 Å². The van der Waals surface area contributed by atoms with Crippen molar-refractivity contribution >= 4 is 40.1 Å². The van der Waals surface area contributed by atoms with Crippen molar-refractivity contribution in [3.8, 4) is 5.75 Å². The lowest BCUT2D eigenvalue weighted by Gasteiger charge is -2.23. The monoisotopic (exact) mass is 473 g/mol. The van der Waals surface area contributed by atoms with Gasteiger partial charge in [-0.3, -0.25) is 0 Å². The number of hydrogen-bond acceptors (Lipinski definition) is 2. The molecule has 0 saturated heterocycles. The molecule has 4 nitrogen and oxygen atoms in total. The molecule has 1 heterocycles. The topological polar surface area (TPSA) is 51.5 Å². The number of benzene rings is 2. The molecule has 0 atom stereocenters. The summed E-state index contributed by atoms with van der Waals surface area (Å²) in [4.78, 5) is 11.5. The van der Waals surface area contributed by atoms with Crippen LogP contribution >= 0.6 is 23.2 Å². The molecule has 0 unspecified atom stereocenters. The van der Waals surface area contributed by atoms with Gasteiger partial charge in [-0.1, -0.05) is 23.2 Å². The number of aromatic carboxylic acids is 1. The first-order valence-electron chi connectivity index (χ1n) is 9.30. The number of alkyl halides is 3. The van der Waals surface area contributed by atoms with Crippen LogP contribution in [0.5, 0.6) is 5.75 Å². The number of aromatic nitrogens is 1. The molecule has 0 bridgehead atoms. The Morgan fingerprint density at radius 1 is 1.16 bits per heavy atom. The molecule has 3 aromatic rings. The number of carboxylic acids is 1. The van der Waals surface area contributed by atoms with Crippen molar-refractivity contribution in [2.45, 2.75) is 46.0 Å². The van der Waals surface area contributed by atoms with Crippen LogP contribution in [-0.2, 0) is 12.0 Å². The molecule has 0 aliphatic carbocycles. The van der Waals surface area contributed by atoms with Crippen molar-refractivity contribution in [2.24, 2.45) is 0 Å². The van der Waals surface area contributed by atoms with Gasteiger partial charge in [-0.2, -0.15) is 0 Å². The molecular formula is C22H20Cl2F3NO3. The predicted octanol–water partition coefficient (Wildman–Crippen LogP) is 7.20. The van der Waals surface area contributed by atoms with Crippen molar-refractivity contribution in [1.29, 1.82) is 0 Å². The molecule has 166 valence electrons. The summed E-state index contributed by atoms with van der Waals surface area (Å²) in [5, 5.41) is 10.4. The Balaban J connectivity index is 2.23. The molecule has 0 radical (unpaired) electrons. The van der Waals surface area contributed by atoms with Crippen LogP contribution in [-0.4, -0.2) is 22.0 Å². The molecule has 31 heavy (non-hydrogen) atoms. The average molecular weight is 474 g/mol. The Labute approximate surface area is 187 Å². The van der Waals surface area contributed by atoms with Gasteiger partial charge < -0.3 is 14.4 Å². The fourth-order valence-corrected chi connectivity index (χ4v) is 4.22.